The lowest BCUT2D eigenvalue weighted by Crippen LogP contribution is -2.23. The molecule has 0 bridgehead atoms. The van der Waals surface area contributed by atoms with Crippen LogP contribution in [0.2, 0.25) is 0 Å². The Morgan fingerprint density at radius 2 is 1.93 bits per heavy atom. The maximum Gasteiger partial charge on any atom is 0.230 e. The van der Waals surface area contributed by atoms with Crippen molar-refractivity contribution in [1.82, 2.24) is 19.7 Å². The van der Waals surface area contributed by atoms with Gasteiger partial charge in [-0.05, 0) is 24.3 Å². The predicted molar refractivity (Wildman–Crippen MR) is 112 cm³/mol. The number of benzene rings is 2. The van der Waals surface area contributed by atoms with Crippen LogP contribution in [0.25, 0.3) is 5.69 Å². The molecule has 2 aromatic heterocycles. The third-order valence-electron chi connectivity index (χ3n) is 4.04. The second-order valence-corrected chi connectivity index (χ2v) is 7.81. The summed E-state index contributed by atoms with van der Waals surface area (Å²) in [7, 11) is 0. The summed E-state index contributed by atoms with van der Waals surface area (Å²) in [6.45, 7) is 1.39. The second-order valence-electron chi connectivity index (χ2n) is 6.03. The summed E-state index contributed by atoms with van der Waals surface area (Å²) >= 11 is 2.79. The van der Waals surface area contributed by atoms with Crippen LogP contribution in [0.3, 0.4) is 0 Å². The molecule has 0 unspecified atom stereocenters. The van der Waals surface area contributed by atoms with Gasteiger partial charge in [0, 0.05) is 23.7 Å². The van der Waals surface area contributed by atoms with E-state index in [1.165, 1.54) is 41.0 Å². The van der Waals surface area contributed by atoms with Gasteiger partial charge in [-0.2, -0.15) is 0 Å². The van der Waals surface area contributed by atoms with Gasteiger partial charge in [0.05, 0.1) is 11.4 Å². The van der Waals surface area contributed by atoms with E-state index < -0.39 is 5.82 Å². The number of thioether (sulfide) groups is 1. The molecule has 0 fully saturated rings. The molecule has 0 aliphatic heterocycles. The number of aromatic nitrogens is 4. The zero-order valence-electron chi connectivity index (χ0n) is 15.4. The number of hydrogen-bond donors (Lipinski definition) is 0. The maximum absolute atomic E-state index is 14.2. The first kappa shape index (κ1) is 19.3. The average Bonchev–Trinajstić information content (AvgIpc) is 3.38. The topological polar surface area (TPSA) is 63.9 Å². The SMILES string of the molecule is CC(=O)N(c1nc(CSc2nncn2-c2ccccc2)cs1)c1ccccc1F. The van der Waals surface area contributed by atoms with E-state index >= 15 is 0 Å². The lowest BCUT2D eigenvalue weighted by Gasteiger charge is -2.18. The van der Waals surface area contributed by atoms with E-state index in [9.17, 15) is 9.18 Å². The fourth-order valence-electron chi connectivity index (χ4n) is 2.73. The number of anilines is 2. The Morgan fingerprint density at radius 1 is 1.17 bits per heavy atom. The molecule has 1 amide bonds. The minimum atomic E-state index is -0.468. The van der Waals surface area contributed by atoms with Gasteiger partial charge < -0.3 is 0 Å². The second kappa shape index (κ2) is 8.54. The molecule has 0 spiro atoms. The molecule has 0 aliphatic rings. The molecule has 9 heteroatoms. The molecule has 29 heavy (non-hydrogen) atoms. The van der Waals surface area contributed by atoms with Crippen molar-refractivity contribution in [2.75, 3.05) is 4.90 Å². The van der Waals surface area contributed by atoms with E-state index in [0.717, 1.165) is 16.5 Å². The lowest BCUT2D eigenvalue weighted by molar-refractivity contribution is -0.115. The van der Waals surface area contributed by atoms with Crippen LogP contribution in [0, 0.1) is 5.82 Å². The third kappa shape index (κ3) is 4.20. The molecule has 6 nitrogen and oxygen atoms in total. The number of carbonyl (C=O) groups is 1. The van der Waals surface area contributed by atoms with Crippen molar-refractivity contribution in [3.8, 4) is 5.69 Å². The summed E-state index contributed by atoms with van der Waals surface area (Å²) in [6, 6.07) is 16.0. The molecule has 0 radical (unpaired) electrons. The zero-order valence-corrected chi connectivity index (χ0v) is 17.0. The highest BCUT2D eigenvalue weighted by molar-refractivity contribution is 7.98. The van der Waals surface area contributed by atoms with E-state index in [4.69, 9.17) is 0 Å². The molecule has 2 aromatic carbocycles. The molecular formula is C20H16FN5OS2. The third-order valence-corrected chi connectivity index (χ3v) is 5.89. The Morgan fingerprint density at radius 3 is 2.69 bits per heavy atom. The molecule has 0 saturated carbocycles. The van der Waals surface area contributed by atoms with Crippen LogP contribution >= 0.6 is 23.1 Å². The highest BCUT2D eigenvalue weighted by atomic mass is 32.2. The van der Waals surface area contributed by atoms with E-state index in [1.807, 2.05) is 40.3 Å². The Balaban J connectivity index is 1.53. The van der Waals surface area contributed by atoms with Crippen molar-refractivity contribution in [1.29, 1.82) is 0 Å². The summed E-state index contributed by atoms with van der Waals surface area (Å²) in [4.78, 5) is 18.0. The molecule has 0 saturated heterocycles. The molecule has 0 atom stereocenters. The van der Waals surface area contributed by atoms with Crippen LogP contribution < -0.4 is 4.90 Å². The molecule has 4 aromatic rings. The Hall–Kier alpha value is -3.04. The van der Waals surface area contributed by atoms with Gasteiger partial charge in [0.25, 0.3) is 0 Å². The van der Waals surface area contributed by atoms with E-state index in [-0.39, 0.29) is 11.6 Å². The number of amides is 1. The molecular weight excluding hydrogens is 409 g/mol. The maximum atomic E-state index is 14.2. The lowest BCUT2D eigenvalue weighted by atomic mass is 10.3. The number of halogens is 1. The fraction of sp³-hybridized carbons (Fsp3) is 0.100. The number of hydrogen-bond acceptors (Lipinski definition) is 6. The first-order chi connectivity index (χ1) is 14.1. The van der Waals surface area contributed by atoms with Gasteiger partial charge in [-0.1, -0.05) is 42.1 Å². The van der Waals surface area contributed by atoms with E-state index in [0.29, 0.717) is 10.9 Å². The minimum Gasteiger partial charge on any atom is -0.277 e. The zero-order chi connectivity index (χ0) is 20.2. The van der Waals surface area contributed by atoms with Crippen molar-refractivity contribution >= 4 is 39.8 Å². The van der Waals surface area contributed by atoms with Crippen LogP contribution in [0.15, 0.2) is 71.5 Å². The van der Waals surface area contributed by atoms with E-state index in [2.05, 4.69) is 15.2 Å². The predicted octanol–water partition coefficient (Wildman–Crippen LogP) is 4.84. The summed E-state index contributed by atoms with van der Waals surface area (Å²) in [5.41, 5.74) is 1.94. The Kier molecular flexibility index (Phi) is 5.68. The Bertz CT molecular complexity index is 1130. The standard InChI is InChI=1S/C20H16FN5OS2/c1-14(27)26(18-10-6-5-9-17(18)21)19-23-15(11-28-19)12-29-20-24-22-13-25(20)16-7-3-2-4-8-16/h2-11,13H,12H2,1H3. The average molecular weight is 426 g/mol. The first-order valence-corrected chi connectivity index (χ1v) is 10.6. The Labute approximate surface area is 175 Å². The number of nitrogens with zero attached hydrogens (tertiary/aromatic N) is 5. The highest BCUT2D eigenvalue weighted by Gasteiger charge is 2.21. The highest BCUT2D eigenvalue weighted by Crippen LogP contribution is 2.32. The van der Waals surface area contributed by atoms with Gasteiger partial charge in [0.1, 0.15) is 12.1 Å². The smallest absolute Gasteiger partial charge is 0.230 e. The van der Waals surface area contributed by atoms with Crippen molar-refractivity contribution in [3.05, 3.63) is 77.8 Å². The van der Waals surface area contributed by atoms with Crippen LogP contribution in [0.4, 0.5) is 15.2 Å². The molecule has 2 heterocycles. The van der Waals surface area contributed by atoms with Crippen molar-refractivity contribution in [3.63, 3.8) is 0 Å². The normalized spacial score (nSPS) is 10.8. The summed E-state index contributed by atoms with van der Waals surface area (Å²) in [5.74, 6) is -0.220. The van der Waals surface area contributed by atoms with Gasteiger partial charge in [-0.25, -0.2) is 9.37 Å². The molecule has 0 aliphatic carbocycles. The minimum absolute atomic E-state index is 0.192. The quantitative estimate of drug-likeness (QED) is 0.414. The number of rotatable bonds is 6. The largest absolute Gasteiger partial charge is 0.277 e. The first-order valence-electron chi connectivity index (χ1n) is 8.71. The molecule has 146 valence electrons. The van der Waals surface area contributed by atoms with Crippen molar-refractivity contribution in [2.24, 2.45) is 0 Å². The van der Waals surface area contributed by atoms with Gasteiger partial charge in [0.15, 0.2) is 10.3 Å². The monoisotopic (exact) mass is 425 g/mol. The number of carbonyl (C=O) groups excluding carboxylic acids is 1. The van der Waals surface area contributed by atoms with Crippen LogP contribution in [-0.2, 0) is 10.5 Å². The molecule has 4 rings (SSSR count). The van der Waals surface area contributed by atoms with Gasteiger partial charge >= 0.3 is 0 Å². The number of para-hydroxylation sites is 2. The van der Waals surface area contributed by atoms with Crippen LogP contribution in [-0.4, -0.2) is 25.7 Å². The fourth-order valence-corrected chi connectivity index (χ4v) is 4.54. The summed E-state index contributed by atoms with van der Waals surface area (Å²) in [6.07, 6.45) is 1.67. The van der Waals surface area contributed by atoms with Crippen LogP contribution in [0.5, 0.6) is 0 Å². The van der Waals surface area contributed by atoms with E-state index in [1.54, 1.807) is 24.5 Å². The van der Waals surface area contributed by atoms with Crippen molar-refractivity contribution in [2.45, 2.75) is 17.8 Å². The summed E-state index contributed by atoms with van der Waals surface area (Å²) in [5, 5.41) is 11.2. The van der Waals surface area contributed by atoms with Crippen LogP contribution in [0.1, 0.15) is 12.6 Å². The summed E-state index contributed by atoms with van der Waals surface area (Å²) < 4.78 is 16.1. The van der Waals surface area contributed by atoms with Gasteiger partial charge in [-0.3, -0.25) is 14.3 Å². The number of thiazole rings is 1. The van der Waals surface area contributed by atoms with Crippen molar-refractivity contribution < 1.29 is 9.18 Å². The van der Waals surface area contributed by atoms with Gasteiger partial charge in [-0.15, -0.1) is 21.5 Å². The van der Waals surface area contributed by atoms with Gasteiger partial charge in [0.2, 0.25) is 5.91 Å². The molecule has 0 N–H and O–H groups in total.